The molecule has 0 fully saturated rings. The van der Waals surface area contributed by atoms with Crippen molar-refractivity contribution in [2.75, 3.05) is 6.61 Å². The molecule has 3 N–H and O–H groups in total. The molecule has 0 aromatic heterocycles. The van der Waals surface area contributed by atoms with Gasteiger partial charge in [-0.3, -0.25) is 0 Å². The fourth-order valence-corrected chi connectivity index (χ4v) is 1.08. The van der Waals surface area contributed by atoms with Gasteiger partial charge < -0.3 is 10.8 Å². The van der Waals surface area contributed by atoms with Crippen LogP contribution in [-0.2, 0) is 0 Å². The number of hydrogen-bond acceptors (Lipinski definition) is 2. The Bertz CT molecular complexity index is 224. The van der Waals surface area contributed by atoms with Gasteiger partial charge in [0, 0.05) is 4.47 Å². The molecule has 1 aromatic carbocycles. The van der Waals surface area contributed by atoms with Gasteiger partial charge in [0.15, 0.2) is 0 Å². The Morgan fingerprint density at radius 3 is 1.87 bits per heavy atom. The zero-order valence-corrected chi connectivity index (χ0v) is 11.6. The van der Waals surface area contributed by atoms with E-state index in [0.717, 1.165) is 10.0 Å². The lowest BCUT2D eigenvalue weighted by atomic mass is 10.1. The summed E-state index contributed by atoms with van der Waals surface area (Å²) >= 11 is 3.31. The van der Waals surface area contributed by atoms with Crippen molar-refractivity contribution in [3.05, 3.63) is 34.3 Å². The highest BCUT2D eigenvalue weighted by Gasteiger charge is 2.01. The van der Waals surface area contributed by atoms with Gasteiger partial charge in [-0.2, -0.15) is 0 Å². The van der Waals surface area contributed by atoms with Crippen LogP contribution in [0.15, 0.2) is 28.7 Å². The van der Waals surface area contributed by atoms with Gasteiger partial charge >= 0.3 is 0 Å². The third kappa shape index (κ3) is 7.54. The second kappa shape index (κ2) is 11.7. The van der Waals surface area contributed by atoms with Gasteiger partial charge in [0.2, 0.25) is 0 Å². The molecular formula is C12H22BrNO. The average Bonchev–Trinajstić information content (AvgIpc) is 2.34. The van der Waals surface area contributed by atoms with E-state index >= 15 is 0 Å². The largest absolute Gasteiger partial charge is 0.394 e. The Labute approximate surface area is 102 Å². The summed E-state index contributed by atoms with van der Waals surface area (Å²) in [5.41, 5.74) is 6.53. The first-order chi connectivity index (χ1) is 7.24. The molecule has 15 heavy (non-hydrogen) atoms. The van der Waals surface area contributed by atoms with Crippen molar-refractivity contribution < 1.29 is 5.11 Å². The number of nitrogens with two attached hydrogens (primary N) is 1. The molecule has 1 rings (SSSR count). The van der Waals surface area contributed by atoms with E-state index in [1.807, 2.05) is 52.0 Å². The van der Waals surface area contributed by atoms with Gasteiger partial charge in [-0.15, -0.1) is 0 Å². The Kier molecular flexibility index (Phi) is 13.3. The molecule has 0 aliphatic heterocycles. The standard InChI is InChI=1S/C8H10BrNO.2C2H6/c9-7-3-1-6(2-4-7)8(10)5-11;2*1-2/h1-4,8,11H,5,10H2;2*1-2H3. The predicted octanol–water partition coefficient (Wildman–Crippen LogP) is 3.49. The van der Waals surface area contributed by atoms with Crippen molar-refractivity contribution in [3.8, 4) is 0 Å². The minimum atomic E-state index is -0.261. The van der Waals surface area contributed by atoms with E-state index in [4.69, 9.17) is 10.8 Å². The SMILES string of the molecule is CC.CC.NC(CO)c1ccc(Br)cc1. The van der Waals surface area contributed by atoms with Gasteiger partial charge in [0.05, 0.1) is 12.6 Å². The molecule has 88 valence electrons. The predicted molar refractivity (Wildman–Crippen MR) is 70.9 cm³/mol. The molecule has 0 spiro atoms. The third-order valence-electron chi connectivity index (χ3n) is 1.49. The summed E-state index contributed by atoms with van der Waals surface area (Å²) in [6.45, 7) is 7.99. The summed E-state index contributed by atoms with van der Waals surface area (Å²) in [6.07, 6.45) is 0. The van der Waals surface area contributed by atoms with Crippen LogP contribution >= 0.6 is 15.9 Å². The quantitative estimate of drug-likeness (QED) is 0.868. The van der Waals surface area contributed by atoms with Gasteiger partial charge in [-0.1, -0.05) is 55.8 Å². The molecule has 0 heterocycles. The number of aliphatic hydroxyl groups is 1. The first-order valence-corrected chi connectivity index (χ1v) is 6.15. The highest BCUT2D eigenvalue weighted by atomic mass is 79.9. The summed E-state index contributed by atoms with van der Waals surface area (Å²) in [4.78, 5) is 0. The summed E-state index contributed by atoms with van der Waals surface area (Å²) < 4.78 is 1.02. The highest BCUT2D eigenvalue weighted by molar-refractivity contribution is 9.10. The van der Waals surface area contributed by atoms with Crippen molar-refractivity contribution in [2.45, 2.75) is 33.7 Å². The summed E-state index contributed by atoms with van der Waals surface area (Å²) in [5.74, 6) is 0. The number of hydrogen-bond donors (Lipinski definition) is 2. The maximum absolute atomic E-state index is 8.72. The second-order valence-electron chi connectivity index (χ2n) is 2.34. The summed E-state index contributed by atoms with van der Waals surface area (Å²) in [7, 11) is 0. The topological polar surface area (TPSA) is 46.2 Å². The summed E-state index contributed by atoms with van der Waals surface area (Å²) in [6, 6.07) is 7.34. The molecule has 1 atom stereocenters. The molecule has 0 amide bonds. The Hall–Kier alpha value is -0.380. The second-order valence-corrected chi connectivity index (χ2v) is 3.26. The van der Waals surface area contributed by atoms with E-state index < -0.39 is 0 Å². The van der Waals surface area contributed by atoms with Gasteiger partial charge in [0.25, 0.3) is 0 Å². The normalized spacial score (nSPS) is 10.3. The Morgan fingerprint density at radius 2 is 1.53 bits per heavy atom. The van der Waals surface area contributed by atoms with Crippen LogP contribution in [0.2, 0.25) is 0 Å². The molecule has 0 bridgehead atoms. The van der Waals surface area contributed by atoms with E-state index in [1.165, 1.54) is 0 Å². The van der Waals surface area contributed by atoms with E-state index in [1.54, 1.807) is 0 Å². The van der Waals surface area contributed by atoms with E-state index in [2.05, 4.69) is 15.9 Å². The third-order valence-corrected chi connectivity index (χ3v) is 2.02. The highest BCUT2D eigenvalue weighted by Crippen LogP contribution is 2.14. The molecule has 0 aliphatic rings. The molecule has 1 unspecified atom stereocenters. The lowest BCUT2D eigenvalue weighted by Crippen LogP contribution is -2.13. The smallest absolute Gasteiger partial charge is 0.0624 e. The molecule has 0 saturated heterocycles. The zero-order valence-electron chi connectivity index (χ0n) is 10.00. The zero-order chi connectivity index (χ0) is 12.3. The first-order valence-electron chi connectivity index (χ1n) is 5.36. The van der Waals surface area contributed by atoms with Crippen molar-refractivity contribution in [1.29, 1.82) is 0 Å². The van der Waals surface area contributed by atoms with Crippen molar-refractivity contribution >= 4 is 15.9 Å². The van der Waals surface area contributed by atoms with Crippen molar-refractivity contribution in [2.24, 2.45) is 5.73 Å². The van der Waals surface area contributed by atoms with Crippen LogP contribution in [0.25, 0.3) is 0 Å². The van der Waals surface area contributed by atoms with E-state index in [-0.39, 0.29) is 12.6 Å². The number of benzene rings is 1. The summed E-state index contributed by atoms with van der Waals surface area (Å²) in [5, 5.41) is 8.72. The average molecular weight is 276 g/mol. The Morgan fingerprint density at radius 1 is 1.13 bits per heavy atom. The van der Waals surface area contributed by atoms with Crippen LogP contribution in [0.5, 0.6) is 0 Å². The van der Waals surface area contributed by atoms with Crippen LogP contribution in [0, 0.1) is 0 Å². The van der Waals surface area contributed by atoms with E-state index in [0.29, 0.717) is 0 Å². The van der Waals surface area contributed by atoms with Gasteiger partial charge in [-0.05, 0) is 17.7 Å². The molecule has 0 radical (unpaired) electrons. The van der Waals surface area contributed by atoms with Crippen LogP contribution in [0.4, 0.5) is 0 Å². The van der Waals surface area contributed by atoms with E-state index in [9.17, 15) is 0 Å². The molecule has 1 aromatic rings. The van der Waals surface area contributed by atoms with Crippen molar-refractivity contribution in [3.63, 3.8) is 0 Å². The molecule has 3 heteroatoms. The number of rotatable bonds is 2. The fraction of sp³-hybridized carbons (Fsp3) is 0.500. The monoisotopic (exact) mass is 275 g/mol. The first kappa shape index (κ1) is 17.0. The van der Waals surface area contributed by atoms with Crippen LogP contribution in [-0.4, -0.2) is 11.7 Å². The van der Waals surface area contributed by atoms with Crippen LogP contribution < -0.4 is 5.73 Å². The van der Waals surface area contributed by atoms with Gasteiger partial charge in [0.1, 0.15) is 0 Å². The maximum atomic E-state index is 8.72. The van der Waals surface area contributed by atoms with Crippen molar-refractivity contribution in [1.82, 2.24) is 0 Å². The maximum Gasteiger partial charge on any atom is 0.0624 e. The van der Waals surface area contributed by atoms with Crippen LogP contribution in [0.1, 0.15) is 39.3 Å². The molecule has 0 saturated carbocycles. The lowest BCUT2D eigenvalue weighted by Gasteiger charge is -2.07. The lowest BCUT2D eigenvalue weighted by molar-refractivity contribution is 0.268. The fourth-order valence-electron chi connectivity index (χ4n) is 0.815. The number of halogens is 1. The van der Waals surface area contributed by atoms with Gasteiger partial charge in [-0.25, -0.2) is 0 Å². The Balaban J connectivity index is 0. The molecule has 0 aliphatic carbocycles. The minimum Gasteiger partial charge on any atom is -0.394 e. The van der Waals surface area contributed by atoms with Crippen LogP contribution in [0.3, 0.4) is 0 Å². The molecular weight excluding hydrogens is 254 g/mol. The number of aliphatic hydroxyl groups excluding tert-OH is 1. The minimum absolute atomic E-state index is 0.0123. The molecule has 2 nitrogen and oxygen atoms in total.